The fourth-order valence-electron chi connectivity index (χ4n) is 2.15. The van der Waals surface area contributed by atoms with Crippen molar-refractivity contribution in [3.8, 4) is 0 Å². The quantitative estimate of drug-likeness (QED) is 0.509. The van der Waals surface area contributed by atoms with E-state index in [9.17, 15) is 9.59 Å². The molecule has 2 N–H and O–H groups in total. The molecule has 0 heterocycles. The Balaban J connectivity index is 1.66. The number of rotatable bonds is 7. The first-order valence-corrected chi connectivity index (χ1v) is 9.36. The number of benzene rings is 2. The van der Waals surface area contributed by atoms with Crippen LogP contribution in [0.15, 0.2) is 48.5 Å². The van der Waals surface area contributed by atoms with Gasteiger partial charge in [0.2, 0.25) is 5.91 Å². The highest BCUT2D eigenvalue weighted by molar-refractivity contribution is 7.80. The van der Waals surface area contributed by atoms with Crippen LogP contribution in [0.5, 0.6) is 0 Å². The second-order valence-corrected chi connectivity index (χ2v) is 6.83. The van der Waals surface area contributed by atoms with E-state index in [-0.39, 0.29) is 24.6 Å². The van der Waals surface area contributed by atoms with Crippen LogP contribution in [0, 0.1) is 0 Å². The third kappa shape index (κ3) is 7.95. The molecular weight excluding hydrogens is 407 g/mol. The number of hydrogen-bond donors (Lipinski definition) is 2. The molecule has 0 unspecified atom stereocenters. The van der Waals surface area contributed by atoms with Crippen molar-refractivity contribution >= 4 is 58.1 Å². The summed E-state index contributed by atoms with van der Waals surface area (Å²) in [7, 11) is 0. The molecule has 0 spiro atoms. The van der Waals surface area contributed by atoms with E-state index in [0.717, 1.165) is 5.56 Å². The number of carbonyl (C=O) groups excluding carboxylic acids is 2. The minimum atomic E-state index is -0.433. The molecule has 142 valence electrons. The number of nitrogens with one attached hydrogen (secondary N) is 2. The molecule has 2 rings (SSSR count). The largest absolute Gasteiger partial charge is 0.465 e. The van der Waals surface area contributed by atoms with Gasteiger partial charge in [-0.15, -0.1) is 0 Å². The van der Waals surface area contributed by atoms with Crippen molar-refractivity contribution in [2.24, 2.45) is 0 Å². The first-order chi connectivity index (χ1) is 12.9. The van der Waals surface area contributed by atoms with Gasteiger partial charge in [0.05, 0.1) is 23.7 Å². The number of amides is 1. The van der Waals surface area contributed by atoms with Crippen LogP contribution in [0.25, 0.3) is 0 Å². The minimum absolute atomic E-state index is 0.0266. The molecule has 2 aromatic rings. The topological polar surface area (TPSA) is 67.4 Å². The van der Waals surface area contributed by atoms with E-state index >= 15 is 0 Å². The van der Waals surface area contributed by atoms with E-state index in [0.29, 0.717) is 22.2 Å². The fraction of sp³-hybridized carbons (Fsp3) is 0.211. The lowest BCUT2D eigenvalue weighted by Gasteiger charge is -2.11. The molecule has 0 aliphatic carbocycles. The van der Waals surface area contributed by atoms with Gasteiger partial charge in [-0.25, -0.2) is 0 Å². The summed E-state index contributed by atoms with van der Waals surface area (Å²) in [6, 6.07) is 14.5. The molecule has 0 bridgehead atoms. The molecule has 27 heavy (non-hydrogen) atoms. The summed E-state index contributed by atoms with van der Waals surface area (Å²) in [6.45, 7) is 0.275. The van der Waals surface area contributed by atoms with Gasteiger partial charge in [0, 0.05) is 17.9 Å². The standard InChI is InChI=1S/C19H18Cl2N2O3S/c20-14-6-7-15(21)16(12-14)22-19(27)23-17(24)8-9-18(25)26-11-10-13-4-2-1-3-5-13/h1-7,12H,8-11H2,(H2,22,23,24,27). The van der Waals surface area contributed by atoms with Gasteiger partial charge >= 0.3 is 5.97 Å². The zero-order valence-electron chi connectivity index (χ0n) is 14.3. The van der Waals surface area contributed by atoms with Crippen molar-refractivity contribution in [3.63, 3.8) is 0 Å². The van der Waals surface area contributed by atoms with Gasteiger partial charge in [0.1, 0.15) is 0 Å². The van der Waals surface area contributed by atoms with Crippen LogP contribution < -0.4 is 10.6 Å². The predicted octanol–water partition coefficient (Wildman–Crippen LogP) is 4.37. The maximum atomic E-state index is 11.9. The van der Waals surface area contributed by atoms with Crippen molar-refractivity contribution < 1.29 is 14.3 Å². The Kier molecular flexibility index (Phi) is 8.51. The third-order valence-electron chi connectivity index (χ3n) is 3.48. The Morgan fingerprint density at radius 1 is 1.04 bits per heavy atom. The van der Waals surface area contributed by atoms with E-state index in [1.54, 1.807) is 18.2 Å². The van der Waals surface area contributed by atoms with Crippen molar-refractivity contribution in [1.29, 1.82) is 0 Å². The summed E-state index contributed by atoms with van der Waals surface area (Å²) in [5.74, 6) is -0.830. The summed E-state index contributed by atoms with van der Waals surface area (Å²) < 4.78 is 5.13. The molecule has 0 aliphatic heterocycles. The second-order valence-electron chi connectivity index (χ2n) is 5.58. The molecule has 0 aliphatic rings. The third-order valence-corrected chi connectivity index (χ3v) is 4.25. The maximum Gasteiger partial charge on any atom is 0.306 e. The maximum absolute atomic E-state index is 11.9. The summed E-state index contributed by atoms with van der Waals surface area (Å²) in [5.41, 5.74) is 1.56. The van der Waals surface area contributed by atoms with Crippen molar-refractivity contribution in [2.45, 2.75) is 19.3 Å². The fourth-order valence-corrected chi connectivity index (χ4v) is 2.71. The number of hydrogen-bond acceptors (Lipinski definition) is 4. The molecular formula is C19H18Cl2N2O3S. The molecule has 0 radical (unpaired) electrons. The highest BCUT2D eigenvalue weighted by Gasteiger charge is 2.11. The Labute approximate surface area is 173 Å². The van der Waals surface area contributed by atoms with Crippen LogP contribution in [-0.2, 0) is 20.7 Å². The summed E-state index contributed by atoms with van der Waals surface area (Å²) in [6.07, 6.45) is 0.573. The van der Waals surface area contributed by atoms with Crippen LogP contribution in [0.2, 0.25) is 10.0 Å². The van der Waals surface area contributed by atoms with Crippen LogP contribution in [0.1, 0.15) is 18.4 Å². The average molecular weight is 425 g/mol. The van der Waals surface area contributed by atoms with Gasteiger partial charge < -0.3 is 15.4 Å². The Morgan fingerprint density at radius 2 is 1.78 bits per heavy atom. The predicted molar refractivity (Wildman–Crippen MR) is 111 cm³/mol. The van der Waals surface area contributed by atoms with Gasteiger partial charge in [0.25, 0.3) is 0 Å². The molecule has 0 aromatic heterocycles. The van der Waals surface area contributed by atoms with E-state index < -0.39 is 11.9 Å². The van der Waals surface area contributed by atoms with Gasteiger partial charge in [-0.05, 0) is 36.0 Å². The molecule has 2 aromatic carbocycles. The van der Waals surface area contributed by atoms with Gasteiger partial charge in [-0.1, -0.05) is 53.5 Å². The Bertz CT molecular complexity index is 816. The lowest BCUT2D eigenvalue weighted by atomic mass is 10.2. The first kappa shape index (κ1) is 21.2. The minimum Gasteiger partial charge on any atom is -0.465 e. The van der Waals surface area contributed by atoms with Crippen LogP contribution >= 0.6 is 35.4 Å². The SMILES string of the molecule is O=C(CCC(=O)OCCc1ccccc1)NC(=S)Nc1cc(Cl)ccc1Cl. The van der Waals surface area contributed by atoms with E-state index in [2.05, 4.69) is 10.6 Å². The van der Waals surface area contributed by atoms with Crippen molar-refractivity contribution in [3.05, 3.63) is 64.1 Å². The lowest BCUT2D eigenvalue weighted by Crippen LogP contribution is -2.34. The normalized spacial score (nSPS) is 10.1. The highest BCUT2D eigenvalue weighted by atomic mass is 35.5. The average Bonchev–Trinajstić information content (AvgIpc) is 2.64. The number of ether oxygens (including phenoxy) is 1. The van der Waals surface area contributed by atoms with Crippen molar-refractivity contribution in [1.82, 2.24) is 5.32 Å². The smallest absolute Gasteiger partial charge is 0.306 e. The van der Waals surface area contributed by atoms with E-state index in [4.69, 9.17) is 40.2 Å². The molecule has 1 amide bonds. The Morgan fingerprint density at radius 3 is 2.52 bits per heavy atom. The second kappa shape index (κ2) is 10.9. The molecule has 0 saturated carbocycles. The summed E-state index contributed by atoms with van der Waals surface area (Å²) in [5, 5.41) is 6.24. The number of anilines is 1. The summed E-state index contributed by atoms with van der Waals surface area (Å²) in [4.78, 5) is 23.6. The van der Waals surface area contributed by atoms with Crippen LogP contribution in [0.4, 0.5) is 5.69 Å². The van der Waals surface area contributed by atoms with Crippen LogP contribution in [0.3, 0.4) is 0 Å². The lowest BCUT2D eigenvalue weighted by molar-refractivity contribution is -0.144. The molecule has 8 heteroatoms. The first-order valence-electron chi connectivity index (χ1n) is 8.19. The summed E-state index contributed by atoms with van der Waals surface area (Å²) >= 11 is 17.0. The van der Waals surface area contributed by atoms with Crippen LogP contribution in [-0.4, -0.2) is 23.6 Å². The number of carbonyl (C=O) groups is 2. The monoisotopic (exact) mass is 424 g/mol. The Hall–Kier alpha value is -2.15. The highest BCUT2D eigenvalue weighted by Crippen LogP contribution is 2.25. The number of esters is 1. The number of thiocarbonyl (C=S) groups is 1. The molecule has 0 fully saturated rings. The van der Waals surface area contributed by atoms with Gasteiger partial charge in [0.15, 0.2) is 5.11 Å². The zero-order chi connectivity index (χ0) is 19.6. The van der Waals surface area contributed by atoms with Crippen molar-refractivity contribution in [2.75, 3.05) is 11.9 Å². The molecule has 0 atom stereocenters. The molecule has 0 saturated heterocycles. The molecule has 5 nitrogen and oxygen atoms in total. The van der Waals surface area contributed by atoms with E-state index in [1.807, 2.05) is 30.3 Å². The number of halogens is 2. The zero-order valence-corrected chi connectivity index (χ0v) is 16.7. The van der Waals surface area contributed by atoms with Gasteiger partial charge in [-0.2, -0.15) is 0 Å². The van der Waals surface area contributed by atoms with E-state index in [1.165, 1.54) is 0 Å². The van der Waals surface area contributed by atoms with Gasteiger partial charge in [-0.3, -0.25) is 9.59 Å².